The lowest BCUT2D eigenvalue weighted by Gasteiger charge is -2.08. The standard InChI is InChI=1S/C15H8Cl2F2N2/c1-7-5-9-12(6-11(7)19)20-15(21-14(9)17)8-3-2-4-10(18)13(8)16/h2-6H,1H3. The Morgan fingerprint density at radius 3 is 2.52 bits per heavy atom. The Balaban J connectivity index is 2.30. The lowest BCUT2D eigenvalue weighted by Crippen LogP contribution is -1.95. The Hall–Kier alpha value is -1.78. The Morgan fingerprint density at radius 2 is 1.76 bits per heavy atom. The van der Waals surface area contributed by atoms with E-state index in [0.717, 1.165) is 0 Å². The molecule has 0 N–H and O–H groups in total. The molecule has 0 aliphatic carbocycles. The highest BCUT2D eigenvalue weighted by Crippen LogP contribution is 2.31. The van der Waals surface area contributed by atoms with Crippen molar-refractivity contribution in [3.8, 4) is 11.4 Å². The second-order valence-corrected chi connectivity index (χ2v) is 5.29. The molecule has 1 heterocycles. The van der Waals surface area contributed by atoms with Crippen molar-refractivity contribution in [1.29, 1.82) is 0 Å². The van der Waals surface area contributed by atoms with E-state index in [0.29, 0.717) is 22.0 Å². The summed E-state index contributed by atoms with van der Waals surface area (Å²) in [7, 11) is 0. The summed E-state index contributed by atoms with van der Waals surface area (Å²) in [6.45, 7) is 1.63. The first-order chi connectivity index (χ1) is 9.97. The van der Waals surface area contributed by atoms with Gasteiger partial charge in [-0.15, -0.1) is 0 Å². The van der Waals surface area contributed by atoms with E-state index >= 15 is 0 Å². The third kappa shape index (κ3) is 2.45. The van der Waals surface area contributed by atoms with Gasteiger partial charge in [0.25, 0.3) is 0 Å². The molecule has 0 atom stereocenters. The van der Waals surface area contributed by atoms with Crippen LogP contribution in [0.3, 0.4) is 0 Å². The van der Waals surface area contributed by atoms with Crippen LogP contribution in [0.2, 0.25) is 10.2 Å². The number of aryl methyl sites for hydroxylation is 1. The molecule has 6 heteroatoms. The average Bonchev–Trinajstić information content (AvgIpc) is 2.44. The molecule has 1 aromatic heterocycles. The summed E-state index contributed by atoms with van der Waals surface area (Å²) in [6, 6.07) is 7.15. The largest absolute Gasteiger partial charge is 0.228 e. The van der Waals surface area contributed by atoms with Crippen molar-refractivity contribution in [1.82, 2.24) is 9.97 Å². The van der Waals surface area contributed by atoms with Gasteiger partial charge in [0.15, 0.2) is 5.82 Å². The zero-order valence-electron chi connectivity index (χ0n) is 10.8. The fraction of sp³-hybridized carbons (Fsp3) is 0.0667. The molecular formula is C15H8Cl2F2N2. The monoisotopic (exact) mass is 324 g/mol. The molecule has 0 bridgehead atoms. The molecule has 0 aliphatic heterocycles. The van der Waals surface area contributed by atoms with Crippen LogP contribution < -0.4 is 0 Å². The molecule has 0 amide bonds. The van der Waals surface area contributed by atoms with E-state index in [9.17, 15) is 8.78 Å². The van der Waals surface area contributed by atoms with Crippen molar-refractivity contribution >= 4 is 34.1 Å². The van der Waals surface area contributed by atoms with Crippen molar-refractivity contribution in [2.45, 2.75) is 6.92 Å². The minimum atomic E-state index is -0.580. The molecule has 3 rings (SSSR count). The van der Waals surface area contributed by atoms with E-state index in [1.807, 2.05) is 0 Å². The molecule has 0 unspecified atom stereocenters. The van der Waals surface area contributed by atoms with E-state index in [1.165, 1.54) is 18.2 Å². The Bertz CT molecular complexity index is 866. The van der Waals surface area contributed by atoms with Crippen molar-refractivity contribution < 1.29 is 8.78 Å². The molecule has 2 aromatic carbocycles. The SMILES string of the molecule is Cc1cc2c(Cl)nc(-c3cccc(F)c3Cl)nc2cc1F. The maximum atomic E-state index is 13.7. The van der Waals surface area contributed by atoms with Crippen LogP contribution >= 0.6 is 23.2 Å². The summed E-state index contributed by atoms with van der Waals surface area (Å²) in [4.78, 5) is 8.35. The fourth-order valence-electron chi connectivity index (χ4n) is 2.02. The first-order valence-electron chi connectivity index (χ1n) is 6.05. The van der Waals surface area contributed by atoms with E-state index in [2.05, 4.69) is 9.97 Å². The minimum absolute atomic E-state index is 0.0968. The summed E-state index contributed by atoms with van der Waals surface area (Å²) in [6.07, 6.45) is 0. The highest BCUT2D eigenvalue weighted by atomic mass is 35.5. The topological polar surface area (TPSA) is 25.8 Å². The van der Waals surface area contributed by atoms with Crippen LogP contribution in [-0.2, 0) is 0 Å². The highest BCUT2D eigenvalue weighted by molar-refractivity contribution is 6.35. The van der Waals surface area contributed by atoms with Gasteiger partial charge in [-0.1, -0.05) is 29.3 Å². The van der Waals surface area contributed by atoms with Gasteiger partial charge in [0.2, 0.25) is 0 Å². The van der Waals surface area contributed by atoms with Gasteiger partial charge in [0.05, 0.1) is 10.5 Å². The maximum Gasteiger partial charge on any atom is 0.163 e. The first-order valence-corrected chi connectivity index (χ1v) is 6.81. The van der Waals surface area contributed by atoms with Gasteiger partial charge < -0.3 is 0 Å². The Kier molecular flexibility index (Phi) is 3.51. The zero-order chi connectivity index (χ0) is 15.1. The molecule has 0 radical (unpaired) electrons. The minimum Gasteiger partial charge on any atom is -0.228 e. The van der Waals surface area contributed by atoms with Gasteiger partial charge in [-0.25, -0.2) is 18.7 Å². The van der Waals surface area contributed by atoms with E-state index in [1.54, 1.807) is 19.1 Å². The van der Waals surface area contributed by atoms with Crippen molar-refractivity contribution in [3.63, 3.8) is 0 Å². The molecule has 21 heavy (non-hydrogen) atoms. The zero-order valence-corrected chi connectivity index (χ0v) is 12.3. The molecule has 0 fully saturated rings. The number of hydrogen-bond acceptors (Lipinski definition) is 2. The van der Waals surface area contributed by atoms with Crippen molar-refractivity contribution in [3.05, 3.63) is 57.7 Å². The Labute approximate surface area is 129 Å². The van der Waals surface area contributed by atoms with Crippen molar-refractivity contribution in [2.24, 2.45) is 0 Å². The van der Waals surface area contributed by atoms with Gasteiger partial charge in [-0.3, -0.25) is 0 Å². The molecule has 3 aromatic rings. The van der Waals surface area contributed by atoms with E-state index < -0.39 is 11.6 Å². The maximum absolute atomic E-state index is 13.7. The number of hydrogen-bond donors (Lipinski definition) is 0. The molecule has 0 saturated heterocycles. The predicted octanol–water partition coefficient (Wildman–Crippen LogP) is 5.19. The fourth-order valence-corrected chi connectivity index (χ4v) is 2.46. The highest BCUT2D eigenvalue weighted by Gasteiger charge is 2.14. The van der Waals surface area contributed by atoms with Gasteiger partial charge >= 0.3 is 0 Å². The van der Waals surface area contributed by atoms with Crippen LogP contribution in [0.4, 0.5) is 8.78 Å². The van der Waals surface area contributed by atoms with Crippen LogP contribution in [0.5, 0.6) is 0 Å². The number of nitrogens with zero attached hydrogens (tertiary/aromatic N) is 2. The molecule has 2 nitrogen and oxygen atoms in total. The van der Waals surface area contributed by atoms with E-state index in [4.69, 9.17) is 23.2 Å². The first kappa shape index (κ1) is 14.2. The third-order valence-electron chi connectivity index (χ3n) is 3.12. The number of benzene rings is 2. The summed E-state index contributed by atoms with van der Waals surface area (Å²) in [5, 5.41) is 0.603. The van der Waals surface area contributed by atoms with Gasteiger partial charge in [-0.05, 0) is 30.7 Å². The van der Waals surface area contributed by atoms with Crippen LogP contribution in [0.15, 0.2) is 30.3 Å². The second kappa shape index (κ2) is 5.20. The van der Waals surface area contributed by atoms with Gasteiger partial charge in [0, 0.05) is 17.0 Å². The normalized spacial score (nSPS) is 11.1. The van der Waals surface area contributed by atoms with Crippen LogP contribution in [0, 0.1) is 18.6 Å². The van der Waals surface area contributed by atoms with Crippen LogP contribution in [-0.4, -0.2) is 9.97 Å². The molecule has 0 aliphatic rings. The van der Waals surface area contributed by atoms with Gasteiger partial charge in [0.1, 0.15) is 16.8 Å². The summed E-state index contributed by atoms with van der Waals surface area (Å²) in [5.41, 5.74) is 1.10. The number of halogens is 4. The third-order valence-corrected chi connectivity index (χ3v) is 3.79. The summed E-state index contributed by atoms with van der Waals surface area (Å²) in [5.74, 6) is -0.821. The van der Waals surface area contributed by atoms with E-state index in [-0.39, 0.29) is 16.0 Å². The van der Waals surface area contributed by atoms with Gasteiger partial charge in [-0.2, -0.15) is 0 Å². The number of aromatic nitrogens is 2. The molecule has 106 valence electrons. The Morgan fingerprint density at radius 1 is 1.00 bits per heavy atom. The number of rotatable bonds is 1. The average molecular weight is 325 g/mol. The summed E-state index contributed by atoms with van der Waals surface area (Å²) < 4.78 is 27.2. The van der Waals surface area contributed by atoms with Crippen molar-refractivity contribution in [2.75, 3.05) is 0 Å². The van der Waals surface area contributed by atoms with Crippen LogP contribution in [0.1, 0.15) is 5.56 Å². The molecular weight excluding hydrogens is 317 g/mol. The molecule has 0 saturated carbocycles. The quantitative estimate of drug-likeness (QED) is 0.575. The lowest BCUT2D eigenvalue weighted by atomic mass is 10.1. The number of fused-ring (bicyclic) bond motifs is 1. The van der Waals surface area contributed by atoms with Crippen LogP contribution in [0.25, 0.3) is 22.3 Å². The smallest absolute Gasteiger partial charge is 0.163 e. The predicted molar refractivity (Wildman–Crippen MR) is 79.6 cm³/mol. The summed E-state index contributed by atoms with van der Waals surface area (Å²) >= 11 is 12.0. The molecule has 0 spiro atoms. The lowest BCUT2D eigenvalue weighted by molar-refractivity contribution is 0.620. The second-order valence-electron chi connectivity index (χ2n) is 4.56.